The van der Waals surface area contributed by atoms with E-state index >= 15 is 0 Å². The van der Waals surface area contributed by atoms with Crippen molar-refractivity contribution < 1.29 is 28.4 Å². The number of ether oxygens (including phenoxy) is 1. The first-order valence-electron chi connectivity index (χ1n) is 13.6. The summed E-state index contributed by atoms with van der Waals surface area (Å²) in [6.07, 6.45) is 3.33. The molecular weight excluding hydrogens is 551 g/mol. The largest absolute Gasteiger partial charge is 0.497 e. The van der Waals surface area contributed by atoms with Crippen molar-refractivity contribution >= 4 is 34.8 Å². The highest BCUT2D eigenvalue weighted by molar-refractivity contribution is 6.32. The number of hydrogen-bond donors (Lipinski definition) is 0. The Labute approximate surface area is 245 Å². The molecule has 4 aromatic rings. The van der Waals surface area contributed by atoms with Crippen LogP contribution in [0.2, 0.25) is 0 Å². The molecule has 0 aromatic heterocycles. The van der Waals surface area contributed by atoms with Crippen LogP contribution in [0.5, 0.6) is 5.75 Å². The Morgan fingerprint density at radius 1 is 0.930 bits per heavy atom. The van der Waals surface area contributed by atoms with Crippen molar-refractivity contribution in [2.75, 3.05) is 12.0 Å². The Hall–Kier alpha value is -5.44. The SMILES string of the molecule is COc1cccc(C(=O)[C@@H]2[C@H](c3cccc([N+](=O)[O-])c3)C3(C(=O)c4ccccc4C3=O)[C@H]3C=Cc4cc(F)ccc4N23)c1. The number of methoxy groups -OCH3 is 1. The Morgan fingerprint density at radius 2 is 1.65 bits per heavy atom. The van der Waals surface area contributed by atoms with Crippen molar-refractivity contribution in [1.82, 2.24) is 0 Å². The van der Waals surface area contributed by atoms with Gasteiger partial charge < -0.3 is 9.64 Å². The predicted octanol–water partition coefficient (Wildman–Crippen LogP) is 6.06. The van der Waals surface area contributed by atoms with Crippen molar-refractivity contribution in [3.8, 4) is 5.75 Å². The van der Waals surface area contributed by atoms with E-state index in [9.17, 15) is 28.9 Å². The fourth-order valence-electron chi connectivity index (χ4n) is 7.10. The second kappa shape index (κ2) is 9.55. The Balaban J connectivity index is 1.56. The molecule has 1 spiro atoms. The molecule has 3 atom stereocenters. The van der Waals surface area contributed by atoms with Crippen molar-refractivity contribution in [3.63, 3.8) is 0 Å². The highest BCUT2D eigenvalue weighted by Gasteiger charge is 2.71. The van der Waals surface area contributed by atoms with E-state index in [0.717, 1.165) is 0 Å². The van der Waals surface area contributed by atoms with E-state index in [-0.39, 0.29) is 22.4 Å². The van der Waals surface area contributed by atoms with Crippen LogP contribution in [0.4, 0.5) is 15.8 Å². The van der Waals surface area contributed by atoms with E-state index in [1.165, 1.54) is 43.5 Å². The second-order valence-corrected chi connectivity index (χ2v) is 10.9. The number of halogens is 1. The number of rotatable bonds is 5. The summed E-state index contributed by atoms with van der Waals surface area (Å²) in [6.45, 7) is 0. The maximum Gasteiger partial charge on any atom is 0.269 e. The Kier molecular flexibility index (Phi) is 5.88. The smallest absolute Gasteiger partial charge is 0.269 e. The van der Waals surface area contributed by atoms with Crippen molar-refractivity contribution in [1.29, 1.82) is 0 Å². The molecule has 0 unspecified atom stereocenters. The van der Waals surface area contributed by atoms with Crippen molar-refractivity contribution in [2.24, 2.45) is 5.41 Å². The van der Waals surface area contributed by atoms with Gasteiger partial charge in [-0.15, -0.1) is 0 Å². The van der Waals surface area contributed by atoms with Crippen LogP contribution in [-0.4, -0.2) is 41.5 Å². The van der Waals surface area contributed by atoms with Gasteiger partial charge in [0.1, 0.15) is 23.0 Å². The van der Waals surface area contributed by atoms with Gasteiger partial charge in [-0.1, -0.05) is 60.7 Å². The van der Waals surface area contributed by atoms with Gasteiger partial charge in [0.2, 0.25) is 0 Å². The van der Waals surface area contributed by atoms with Gasteiger partial charge in [-0.25, -0.2) is 4.39 Å². The topological polar surface area (TPSA) is 107 Å². The van der Waals surface area contributed by atoms with Gasteiger partial charge in [-0.05, 0) is 35.9 Å². The number of carbonyl (C=O) groups excluding carboxylic acids is 3. The average molecular weight is 575 g/mol. The quantitative estimate of drug-likeness (QED) is 0.123. The molecule has 1 fully saturated rings. The average Bonchev–Trinajstić information content (AvgIpc) is 3.46. The number of carbonyl (C=O) groups is 3. The highest BCUT2D eigenvalue weighted by atomic mass is 19.1. The minimum Gasteiger partial charge on any atom is -0.497 e. The molecule has 4 aromatic carbocycles. The third-order valence-corrected chi connectivity index (χ3v) is 8.83. The summed E-state index contributed by atoms with van der Waals surface area (Å²) < 4.78 is 19.8. The van der Waals surface area contributed by atoms with Gasteiger partial charge in [0.15, 0.2) is 17.3 Å². The van der Waals surface area contributed by atoms with E-state index in [0.29, 0.717) is 22.6 Å². The Bertz CT molecular complexity index is 1880. The van der Waals surface area contributed by atoms with Gasteiger partial charge in [0.25, 0.3) is 5.69 Å². The zero-order chi connectivity index (χ0) is 30.0. The molecule has 0 saturated carbocycles. The summed E-state index contributed by atoms with van der Waals surface area (Å²) in [7, 11) is 1.48. The summed E-state index contributed by atoms with van der Waals surface area (Å²) in [5, 5.41) is 11.9. The lowest BCUT2D eigenvalue weighted by atomic mass is 9.64. The number of ketones is 3. The predicted molar refractivity (Wildman–Crippen MR) is 156 cm³/mol. The number of nitro benzene ring substituents is 1. The molecule has 0 amide bonds. The molecule has 8 nitrogen and oxygen atoms in total. The van der Waals surface area contributed by atoms with Gasteiger partial charge in [0.05, 0.1) is 18.1 Å². The molecule has 0 bridgehead atoms. The monoisotopic (exact) mass is 574 g/mol. The van der Waals surface area contributed by atoms with E-state index in [4.69, 9.17) is 4.74 Å². The molecule has 2 aliphatic heterocycles. The Morgan fingerprint density at radius 3 is 2.35 bits per heavy atom. The summed E-state index contributed by atoms with van der Waals surface area (Å²) in [4.78, 5) is 57.1. The number of nitro groups is 1. The molecule has 3 aliphatic rings. The van der Waals surface area contributed by atoms with Crippen LogP contribution < -0.4 is 9.64 Å². The van der Waals surface area contributed by atoms with E-state index < -0.39 is 51.5 Å². The van der Waals surface area contributed by atoms with Crippen LogP contribution in [0.25, 0.3) is 6.08 Å². The first-order chi connectivity index (χ1) is 20.8. The van der Waals surface area contributed by atoms with Crippen molar-refractivity contribution in [3.05, 3.63) is 141 Å². The third-order valence-electron chi connectivity index (χ3n) is 8.83. The number of benzene rings is 4. The zero-order valence-electron chi connectivity index (χ0n) is 22.8. The lowest BCUT2D eigenvalue weighted by Gasteiger charge is -2.37. The number of nitrogens with zero attached hydrogens (tertiary/aromatic N) is 2. The van der Waals surface area contributed by atoms with Gasteiger partial charge in [-0.3, -0.25) is 24.5 Å². The summed E-state index contributed by atoms with van der Waals surface area (Å²) in [6, 6.07) is 20.8. The maximum atomic E-state index is 14.7. The number of fused-ring (bicyclic) bond motifs is 5. The first kappa shape index (κ1) is 26.5. The van der Waals surface area contributed by atoms with Crippen LogP contribution in [0.1, 0.15) is 48.1 Å². The summed E-state index contributed by atoms with van der Waals surface area (Å²) in [5.41, 5.74) is -0.0878. The molecule has 1 saturated heterocycles. The van der Waals surface area contributed by atoms with Gasteiger partial charge in [-0.2, -0.15) is 0 Å². The maximum absolute atomic E-state index is 14.7. The molecule has 212 valence electrons. The molecule has 7 rings (SSSR count). The van der Waals surface area contributed by atoms with Crippen LogP contribution in [0.15, 0.2) is 97.1 Å². The first-order valence-corrected chi connectivity index (χ1v) is 13.6. The second-order valence-electron chi connectivity index (χ2n) is 10.9. The minimum atomic E-state index is -1.83. The summed E-state index contributed by atoms with van der Waals surface area (Å²) in [5.74, 6) is -2.53. The number of Topliss-reactive ketones (excluding diaryl/α,β-unsaturated/α-hetero) is 3. The number of hydrogen-bond acceptors (Lipinski definition) is 7. The molecule has 1 aliphatic carbocycles. The molecule has 0 N–H and O–H groups in total. The van der Waals surface area contributed by atoms with E-state index in [1.807, 2.05) is 0 Å². The number of anilines is 1. The van der Waals surface area contributed by atoms with Crippen LogP contribution >= 0.6 is 0 Å². The van der Waals surface area contributed by atoms with Gasteiger partial charge >= 0.3 is 0 Å². The molecule has 9 heteroatoms. The normalized spacial score (nSPS) is 21.0. The van der Waals surface area contributed by atoms with Crippen LogP contribution in [0, 0.1) is 21.3 Å². The lowest BCUT2D eigenvalue weighted by molar-refractivity contribution is -0.384. The third kappa shape index (κ3) is 3.64. The zero-order valence-corrected chi connectivity index (χ0v) is 22.8. The van der Waals surface area contributed by atoms with E-state index in [1.54, 1.807) is 71.6 Å². The molecule has 0 radical (unpaired) electrons. The standard InChI is InChI=1S/C34H23FN2O6/c1-43-24-9-5-7-21(18-24)31(38)30-29(20-6-4-8-23(17-20)37(41)42)34(32(39)25-10-2-3-11-26(25)33(34)40)28-15-12-19-16-22(35)13-14-27(19)36(28)30/h2-18,28-30H,1H3/t28-,29+,30+/m1/s1. The fraction of sp³-hybridized carbons (Fsp3) is 0.147. The molecule has 2 heterocycles. The van der Waals surface area contributed by atoms with Crippen molar-refractivity contribution in [2.45, 2.75) is 18.0 Å². The molecule has 43 heavy (non-hydrogen) atoms. The fourth-order valence-corrected chi connectivity index (χ4v) is 7.10. The van der Waals surface area contributed by atoms with Crippen LogP contribution in [0.3, 0.4) is 0 Å². The van der Waals surface area contributed by atoms with Crippen LogP contribution in [-0.2, 0) is 0 Å². The van der Waals surface area contributed by atoms with E-state index in [2.05, 4.69) is 0 Å². The summed E-state index contributed by atoms with van der Waals surface area (Å²) >= 11 is 0. The lowest BCUT2D eigenvalue weighted by Crippen LogP contribution is -2.48. The number of non-ortho nitro benzene ring substituents is 1. The molecular formula is C34H23FN2O6. The minimum absolute atomic E-state index is 0.232. The van der Waals surface area contributed by atoms with Gasteiger partial charge in [0, 0.05) is 46.0 Å². The highest BCUT2D eigenvalue weighted by Crippen LogP contribution is 2.61.